The Bertz CT molecular complexity index is 490. The zero-order valence-corrected chi connectivity index (χ0v) is 11.4. The maximum absolute atomic E-state index is 5.92. The van der Waals surface area contributed by atoms with Gasteiger partial charge in [0.05, 0.1) is 5.69 Å². The van der Waals surface area contributed by atoms with Crippen molar-refractivity contribution in [2.75, 3.05) is 0 Å². The summed E-state index contributed by atoms with van der Waals surface area (Å²) in [6.07, 6.45) is 1.76. The van der Waals surface area contributed by atoms with E-state index in [4.69, 9.17) is 16.3 Å². The average molecular weight is 313 g/mol. The summed E-state index contributed by atoms with van der Waals surface area (Å²) in [4.78, 5) is 4.20. The lowest BCUT2D eigenvalue weighted by atomic mass is 10.2. The van der Waals surface area contributed by atoms with E-state index in [0.717, 1.165) is 17.0 Å². The van der Waals surface area contributed by atoms with Crippen LogP contribution in [-0.4, -0.2) is 4.98 Å². The third kappa shape index (κ3) is 3.45. The monoisotopic (exact) mass is 311 g/mol. The summed E-state index contributed by atoms with van der Waals surface area (Å²) in [7, 11) is 0. The second kappa shape index (κ2) is 6.03. The number of ether oxygens (including phenoxy) is 1. The number of aromatic nitrogens is 1. The molecule has 2 nitrogen and oxygen atoms in total. The molecule has 4 heteroatoms. The van der Waals surface area contributed by atoms with Gasteiger partial charge in [0.15, 0.2) is 0 Å². The first-order chi connectivity index (χ1) is 8.29. The van der Waals surface area contributed by atoms with Crippen LogP contribution in [0, 0.1) is 0 Å². The third-order valence-electron chi connectivity index (χ3n) is 2.27. The van der Waals surface area contributed by atoms with Crippen molar-refractivity contribution in [3.8, 4) is 5.75 Å². The van der Waals surface area contributed by atoms with Gasteiger partial charge in [0.1, 0.15) is 12.4 Å². The van der Waals surface area contributed by atoms with Gasteiger partial charge in [-0.1, -0.05) is 33.6 Å². The van der Waals surface area contributed by atoms with E-state index in [-0.39, 0.29) is 0 Å². The van der Waals surface area contributed by atoms with E-state index in [1.807, 2.05) is 36.4 Å². The minimum Gasteiger partial charge on any atom is -0.487 e. The van der Waals surface area contributed by atoms with Crippen LogP contribution in [0.5, 0.6) is 5.75 Å². The predicted molar refractivity (Wildman–Crippen MR) is 72.7 cm³/mol. The summed E-state index contributed by atoms with van der Waals surface area (Å²) in [6.45, 7) is 0.461. The highest BCUT2D eigenvalue weighted by atomic mass is 79.9. The van der Waals surface area contributed by atoms with Gasteiger partial charge in [-0.15, -0.1) is 0 Å². The van der Waals surface area contributed by atoms with Crippen LogP contribution in [0.2, 0.25) is 5.02 Å². The SMILES string of the molecule is Clc1ccc(OCc2ccccn2)c(CBr)c1. The maximum atomic E-state index is 5.92. The quantitative estimate of drug-likeness (QED) is 0.789. The van der Waals surface area contributed by atoms with Crippen LogP contribution in [0.4, 0.5) is 0 Å². The van der Waals surface area contributed by atoms with E-state index < -0.39 is 0 Å². The van der Waals surface area contributed by atoms with Gasteiger partial charge in [-0.25, -0.2) is 0 Å². The van der Waals surface area contributed by atoms with Crippen molar-refractivity contribution in [1.29, 1.82) is 0 Å². The summed E-state index contributed by atoms with van der Waals surface area (Å²) >= 11 is 9.34. The summed E-state index contributed by atoms with van der Waals surface area (Å²) in [5.41, 5.74) is 1.94. The molecule has 0 radical (unpaired) electrons. The number of nitrogens with zero attached hydrogens (tertiary/aromatic N) is 1. The molecule has 0 aliphatic heterocycles. The molecule has 0 fully saturated rings. The van der Waals surface area contributed by atoms with E-state index >= 15 is 0 Å². The van der Waals surface area contributed by atoms with E-state index in [2.05, 4.69) is 20.9 Å². The Hall–Kier alpha value is -1.06. The Balaban J connectivity index is 2.09. The molecule has 1 aromatic carbocycles. The molecule has 0 spiro atoms. The van der Waals surface area contributed by atoms with E-state index in [1.54, 1.807) is 6.20 Å². The van der Waals surface area contributed by atoms with Crippen molar-refractivity contribution in [3.05, 3.63) is 58.9 Å². The number of alkyl halides is 1. The standard InChI is InChI=1S/C13H11BrClNO/c14-8-10-7-11(15)4-5-13(10)17-9-12-3-1-2-6-16-12/h1-7H,8-9H2. The van der Waals surface area contributed by atoms with Crippen molar-refractivity contribution >= 4 is 27.5 Å². The number of hydrogen-bond acceptors (Lipinski definition) is 2. The van der Waals surface area contributed by atoms with Crippen LogP contribution in [0.15, 0.2) is 42.6 Å². The highest BCUT2D eigenvalue weighted by Gasteiger charge is 2.04. The van der Waals surface area contributed by atoms with Crippen LogP contribution in [0.1, 0.15) is 11.3 Å². The predicted octanol–water partition coefficient (Wildman–Crippen LogP) is 4.21. The van der Waals surface area contributed by atoms with E-state index in [9.17, 15) is 0 Å². The molecule has 17 heavy (non-hydrogen) atoms. The van der Waals surface area contributed by atoms with Gasteiger partial charge >= 0.3 is 0 Å². The molecule has 0 unspecified atom stereocenters. The smallest absolute Gasteiger partial charge is 0.130 e. The Kier molecular flexibility index (Phi) is 4.40. The van der Waals surface area contributed by atoms with E-state index in [1.165, 1.54) is 0 Å². The molecule has 0 bridgehead atoms. The summed E-state index contributed by atoms with van der Waals surface area (Å²) < 4.78 is 5.72. The zero-order chi connectivity index (χ0) is 12.1. The van der Waals surface area contributed by atoms with Crippen LogP contribution >= 0.6 is 27.5 Å². The molecule has 2 aromatic rings. The average Bonchev–Trinajstić information content (AvgIpc) is 2.38. The van der Waals surface area contributed by atoms with Gasteiger partial charge in [0.25, 0.3) is 0 Å². The van der Waals surface area contributed by atoms with Crippen LogP contribution < -0.4 is 4.74 Å². The molecule has 0 N–H and O–H groups in total. The van der Waals surface area contributed by atoms with Crippen molar-refractivity contribution < 1.29 is 4.74 Å². The number of pyridine rings is 1. The summed E-state index contributed by atoms with van der Waals surface area (Å²) in [6, 6.07) is 11.4. The largest absolute Gasteiger partial charge is 0.487 e. The fraction of sp³-hybridized carbons (Fsp3) is 0.154. The Morgan fingerprint density at radius 2 is 2.12 bits per heavy atom. The lowest BCUT2D eigenvalue weighted by Gasteiger charge is -2.09. The lowest BCUT2D eigenvalue weighted by Crippen LogP contribution is -1.99. The molecule has 0 atom stereocenters. The van der Waals surface area contributed by atoms with Gasteiger partial charge in [0, 0.05) is 22.1 Å². The van der Waals surface area contributed by atoms with Gasteiger partial charge < -0.3 is 4.74 Å². The Labute approximate surface area is 114 Å². The first kappa shape index (κ1) is 12.4. The fourth-order valence-corrected chi connectivity index (χ4v) is 2.06. The fourth-order valence-electron chi connectivity index (χ4n) is 1.43. The molecule has 0 amide bonds. The molecule has 0 saturated heterocycles. The Morgan fingerprint density at radius 3 is 2.82 bits per heavy atom. The lowest BCUT2D eigenvalue weighted by molar-refractivity contribution is 0.299. The molecular weight excluding hydrogens is 302 g/mol. The highest BCUT2D eigenvalue weighted by molar-refractivity contribution is 9.08. The third-order valence-corrected chi connectivity index (χ3v) is 3.11. The molecular formula is C13H11BrClNO. The van der Waals surface area contributed by atoms with Gasteiger partial charge in [-0.2, -0.15) is 0 Å². The van der Waals surface area contributed by atoms with Gasteiger partial charge in [0.2, 0.25) is 0 Å². The van der Waals surface area contributed by atoms with Gasteiger partial charge in [-0.05, 0) is 30.3 Å². The minimum absolute atomic E-state index is 0.461. The van der Waals surface area contributed by atoms with Gasteiger partial charge in [-0.3, -0.25) is 4.98 Å². The molecule has 0 aliphatic carbocycles. The molecule has 88 valence electrons. The molecule has 2 rings (SSSR count). The second-order valence-electron chi connectivity index (χ2n) is 3.50. The number of halogens is 2. The first-order valence-electron chi connectivity index (χ1n) is 5.16. The van der Waals surface area contributed by atoms with Crippen LogP contribution in [0.25, 0.3) is 0 Å². The molecule has 0 saturated carbocycles. The van der Waals surface area contributed by atoms with Crippen molar-refractivity contribution in [2.45, 2.75) is 11.9 Å². The van der Waals surface area contributed by atoms with Crippen molar-refractivity contribution in [1.82, 2.24) is 4.98 Å². The van der Waals surface area contributed by atoms with Crippen molar-refractivity contribution in [3.63, 3.8) is 0 Å². The maximum Gasteiger partial charge on any atom is 0.130 e. The zero-order valence-electron chi connectivity index (χ0n) is 9.07. The molecule has 1 heterocycles. The van der Waals surface area contributed by atoms with Crippen molar-refractivity contribution in [2.24, 2.45) is 0 Å². The number of benzene rings is 1. The first-order valence-corrected chi connectivity index (χ1v) is 6.66. The highest BCUT2D eigenvalue weighted by Crippen LogP contribution is 2.25. The number of rotatable bonds is 4. The normalized spacial score (nSPS) is 10.2. The van der Waals surface area contributed by atoms with Crippen LogP contribution in [0.3, 0.4) is 0 Å². The summed E-state index contributed by atoms with van der Waals surface area (Å²) in [5, 5.41) is 1.43. The molecule has 1 aromatic heterocycles. The second-order valence-corrected chi connectivity index (χ2v) is 4.49. The van der Waals surface area contributed by atoms with E-state index in [0.29, 0.717) is 17.0 Å². The molecule has 0 aliphatic rings. The summed E-state index contributed by atoms with van der Waals surface area (Å²) in [5.74, 6) is 0.830. The minimum atomic E-state index is 0.461. The number of hydrogen-bond donors (Lipinski definition) is 0. The topological polar surface area (TPSA) is 22.1 Å². The van der Waals surface area contributed by atoms with Crippen LogP contribution in [-0.2, 0) is 11.9 Å². The Morgan fingerprint density at radius 1 is 1.24 bits per heavy atom.